The molecule has 0 radical (unpaired) electrons. The van der Waals surface area contributed by atoms with Gasteiger partial charge >= 0.3 is 0 Å². The number of hydrogen-bond donors (Lipinski definition) is 1. The van der Waals surface area contributed by atoms with Gasteiger partial charge in [0.15, 0.2) is 11.5 Å². The molecule has 1 aromatic heterocycles. The summed E-state index contributed by atoms with van der Waals surface area (Å²) in [5.41, 5.74) is 1.18. The average molecular weight is 183 g/mol. The Kier molecular flexibility index (Phi) is 3.13. The van der Waals surface area contributed by atoms with Crippen LogP contribution in [0.25, 0.3) is 0 Å². The molecule has 1 N–H and O–H groups in total. The Balaban J connectivity index is 2.80. The van der Waals surface area contributed by atoms with Gasteiger partial charge in [0.25, 0.3) is 0 Å². The zero-order valence-corrected chi connectivity index (χ0v) is 7.82. The van der Waals surface area contributed by atoms with Gasteiger partial charge in [-0.15, -0.1) is 5.10 Å². The quantitative estimate of drug-likeness (QED) is 0.676. The van der Waals surface area contributed by atoms with Gasteiger partial charge in [-0.3, -0.25) is 4.79 Å². The van der Waals surface area contributed by atoms with Crippen LogP contribution in [0, 0.1) is 6.92 Å². The van der Waals surface area contributed by atoms with Crippen molar-refractivity contribution in [1.29, 1.82) is 0 Å². The van der Waals surface area contributed by atoms with Crippen molar-refractivity contribution in [2.24, 2.45) is 0 Å². The second-order valence-corrected chi connectivity index (χ2v) is 2.88. The number of carbonyl (C=O) groups is 1. The molecular formula is C8H13N3O2. The van der Waals surface area contributed by atoms with Crippen LogP contribution in [0.15, 0.2) is 0 Å². The molecule has 1 heterocycles. The van der Waals surface area contributed by atoms with Gasteiger partial charge in [-0.25, -0.2) is 4.68 Å². The van der Waals surface area contributed by atoms with Crippen molar-refractivity contribution in [3.05, 3.63) is 11.4 Å². The average Bonchev–Trinajstić information content (AvgIpc) is 2.43. The molecule has 5 heteroatoms. The smallest absolute Gasteiger partial charge is 0.181 e. The minimum atomic E-state index is -0.0762. The summed E-state index contributed by atoms with van der Waals surface area (Å²) >= 11 is 0. The van der Waals surface area contributed by atoms with Crippen LogP contribution in [0.2, 0.25) is 0 Å². The van der Waals surface area contributed by atoms with E-state index in [1.54, 1.807) is 11.6 Å². The Morgan fingerprint density at radius 2 is 2.31 bits per heavy atom. The van der Waals surface area contributed by atoms with E-state index in [0.29, 0.717) is 18.7 Å². The van der Waals surface area contributed by atoms with Crippen molar-refractivity contribution >= 4 is 5.78 Å². The molecule has 0 aliphatic rings. The zero-order chi connectivity index (χ0) is 9.84. The van der Waals surface area contributed by atoms with E-state index in [2.05, 4.69) is 10.3 Å². The number of ketones is 1. The van der Waals surface area contributed by atoms with Gasteiger partial charge < -0.3 is 5.11 Å². The van der Waals surface area contributed by atoms with Crippen LogP contribution in [-0.2, 0) is 6.54 Å². The molecule has 0 saturated heterocycles. The van der Waals surface area contributed by atoms with E-state index < -0.39 is 0 Å². The van der Waals surface area contributed by atoms with Crippen LogP contribution in [0.1, 0.15) is 29.5 Å². The van der Waals surface area contributed by atoms with Crippen molar-refractivity contribution < 1.29 is 9.90 Å². The highest BCUT2D eigenvalue weighted by atomic mass is 16.3. The molecule has 72 valence electrons. The third-order valence-corrected chi connectivity index (χ3v) is 1.84. The molecule has 0 aromatic carbocycles. The highest BCUT2D eigenvalue weighted by molar-refractivity contribution is 5.92. The number of aliphatic hydroxyl groups is 1. The topological polar surface area (TPSA) is 68.0 Å². The first-order valence-electron chi connectivity index (χ1n) is 4.18. The summed E-state index contributed by atoms with van der Waals surface area (Å²) in [7, 11) is 0. The van der Waals surface area contributed by atoms with Crippen LogP contribution in [-0.4, -0.2) is 32.5 Å². The summed E-state index contributed by atoms with van der Waals surface area (Å²) in [6.07, 6.45) is 0.627. The molecule has 0 fully saturated rings. The lowest BCUT2D eigenvalue weighted by molar-refractivity contribution is 0.101. The Hall–Kier alpha value is -1.23. The van der Waals surface area contributed by atoms with Gasteiger partial charge in [0.2, 0.25) is 0 Å². The first-order chi connectivity index (χ1) is 6.16. The normalized spacial score (nSPS) is 10.4. The maximum absolute atomic E-state index is 11.0. The number of hydrogen-bond acceptors (Lipinski definition) is 4. The van der Waals surface area contributed by atoms with Gasteiger partial charge in [0, 0.05) is 20.1 Å². The summed E-state index contributed by atoms with van der Waals surface area (Å²) in [5.74, 6) is -0.0762. The largest absolute Gasteiger partial charge is 0.396 e. The minimum Gasteiger partial charge on any atom is -0.396 e. The van der Waals surface area contributed by atoms with E-state index in [0.717, 1.165) is 5.69 Å². The number of aromatic nitrogens is 3. The van der Waals surface area contributed by atoms with Crippen molar-refractivity contribution in [1.82, 2.24) is 15.0 Å². The monoisotopic (exact) mass is 183 g/mol. The molecule has 0 saturated carbocycles. The molecule has 13 heavy (non-hydrogen) atoms. The Labute approximate surface area is 76.4 Å². The van der Waals surface area contributed by atoms with Crippen molar-refractivity contribution in [2.75, 3.05) is 6.61 Å². The van der Waals surface area contributed by atoms with E-state index in [4.69, 9.17) is 5.11 Å². The Morgan fingerprint density at radius 1 is 1.62 bits per heavy atom. The standard InChI is InChI=1S/C8H13N3O2/c1-6-8(7(2)13)9-10-11(6)4-3-5-12/h12H,3-5H2,1-2H3. The maximum Gasteiger partial charge on any atom is 0.181 e. The fraction of sp³-hybridized carbons (Fsp3) is 0.625. The fourth-order valence-electron chi connectivity index (χ4n) is 1.12. The second-order valence-electron chi connectivity index (χ2n) is 2.88. The van der Waals surface area contributed by atoms with E-state index in [1.807, 2.05) is 0 Å². The summed E-state index contributed by atoms with van der Waals surface area (Å²) in [6.45, 7) is 3.98. The molecule has 0 atom stereocenters. The molecule has 5 nitrogen and oxygen atoms in total. The van der Waals surface area contributed by atoms with Crippen LogP contribution in [0.4, 0.5) is 0 Å². The number of carbonyl (C=O) groups excluding carboxylic acids is 1. The Bertz CT molecular complexity index is 306. The molecule has 0 spiro atoms. The molecule has 1 aromatic rings. The number of aliphatic hydroxyl groups excluding tert-OH is 1. The van der Waals surface area contributed by atoms with Crippen molar-refractivity contribution in [3.8, 4) is 0 Å². The molecule has 1 rings (SSSR count). The van der Waals surface area contributed by atoms with Gasteiger partial charge in [0.1, 0.15) is 0 Å². The van der Waals surface area contributed by atoms with E-state index in [-0.39, 0.29) is 12.4 Å². The SMILES string of the molecule is CC(=O)c1nnn(CCCO)c1C. The van der Waals surface area contributed by atoms with Gasteiger partial charge in [-0.2, -0.15) is 0 Å². The van der Waals surface area contributed by atoms with Crippen LogP contribution >= 0.6 is 0 Å². The predicted molar refractivity (Wildman–Crippen MR) is 46.5 cm³/mol. The molecule has 0 aliphatic heterocycles. The first kappa shape index (κ1) is 9.85. The number of nitrogens with zero attached hydrogens (tertiary/aromatic N) is 3. The molecule has 0 bridgehead atoms. The molecule has 0 unspecified atom stereocenters. The zero-order valence-electron chi connectivity index (χ0n) is 7.82. The number of rotatable bonds is 4. The summed E-state index contributed by atoms with van der Waals surface area (Å²) in [6, 6.07) is 0. The lowest BCUT2D eigenvalue weighted by Gasteiger charge is -2.00. The highest BCUT2D eigenvalue weighted by Gasteiger charge is 2.11. The van der Waals surface area contributed by atoms with Gasteiger partial charge in [-0.1, -0.05) is 5.21 Å². The van der Waals surface area contributed by atoms with Crippen molar-refractivity contribution in [3.63, 3.8) is 0 Å². The number of Topliss-reactive ketones (excluding diaryl/α,β-unsaturated/α-hetero) is 1. The third-order valence-electron chi connectivity index (χ3n) is 1.84. The minimum absolute atomic E-state index is 0.0762. The van der Waals surface area contributed by atoms with E-state index >= 15 is 0 Å². The summed E-state index contributed by atoms with van der Waals surface area (Å²) in [4.78, 5) is 11.0. The first-order valence-corrected chi connectivity index (χ1v) is 4.18. The van der Waals surface area contributed by atoms with Gasteiger partial charge in [0.05, 0.1) is 5.69 Å². The lowest BCUT2D eigenvalue weighted by Crippen LogP contribution is -2.05. The van der Waals surface area contributed by atoms with Crippen molar-refractivity contribution in [2.45, 2.75) is 26.8 Å². The fourth-order valence-corrected chi connectivity index (χ4v) is 1.12. The van der Waals surface area contributed by atoms with E-state index in [1.165, 1.54) is 6.92 Å². The van der Waals surface area contributed by atoms with Crippen LogP contribution < -0.4 is 0 Å². The van der Waals surface area contributed by atoms with Gasteiger partial charge in [-0.05, 0) is 13.3 Å². The molecule has 0 amide bonds. The predicted octanol–water partition coefficient (Wildman–Crippen LogP) is 0.172. The molecular weight excluding hydrogens is 170 g/mol. The Morgan fingerprint density at radius 3 is 2.77 bits per heavy atom. The summed E-state index contributed by atoms with van der Waals surface area (Å²) in [5, 5.41) is 16.2. The highest BCUT2D eigenvalue weighted by Crippen LogP contribution is 2.04. The van der Waals surface area contributed by atoms with E-state index in [9.17, 15) is 4.79 Å². The summed E-state index contributed by atoms with van der Waals surface area (Å²) < 4.78 is 1.63. The van der Waals surface area contributed by atoms with Crippen LogP contribution in [0.5, 0.6) is 0 Å². The molecule has 0 aliphatic carbocycles. The van der Waals surface area contributed by atoms with Crippen LogP contribution in [0.3, 0.4) is 0 Å². The maximum atomic E-state index is 11.0. The second kappa shape index (κ2) is 4.13. The lowest BCUT2D eigenvalue weighted by atomic mass is 10.2. The third kappa shape index (κ3) is 2.12. The number of aryl methyl sites for hydroxylation is 1.